The Morgan fingerprint density at radius 2 is 1.41 bits per heavy atom. The molecule has 1 rings (SSSR count). The van der Waals surface area contributed by atoms with Crippen LogP contribution in [-0.2, 0) is 11.4 Å². The first-order chi connectivity index (χ1) is 8.00. The van der Waals surface area contributed by atoms with Crippen LogP contribution in [0.3, 0.4) is 0 Å². The fourth-order valence-electron chi connectivity index (χ4n) is 1.01. The Hall–Kier alpha value is -1.66. The lowest BCUT2D eigenvalue weighted by atomic mass is 10.2. The number of nitrogens with zero attached hydrogens (tertiary/aromatic N) is 1. The smallest absolute Gasteiger partial charge is 0.200 e. The van der Waals surface area contributed by atoms with Crippen LogP contribution in [0.25, 0.3) is 0 Å². The average molecular weight is 253 g/mol. The van der Waals surface area contributed by atoms with Gasteiger partial charge in [0, 0.05) is 6.21 Å². The van der Waals surface area contributed by atoms with Crippen molar-refractivity contribution in [3.63, 3.8) is 0 Å². The third-order valence-corrected chi connectivity index (χ3v) is 1.84. The van der Waals surface area contributed by atoms with Crippen LogP contribution in [0.5, 0.6) is 0 Å². The number of halogens is 5. The molecule has 1 aromatic carbocycles. The first-order valence-electron chi connectivity index (χ1n) is 4.64. The molecule has 0 amide bonds. The summed E-state index contributed by atoms with van der Waals surface area (Å²) in [6.07, 6.45) is 1.79. The van der Waals surface area contributed by atoms with Gasteiger partial charge in [-0.3, -0.25) is 0 Å². The Labute approximate surface area is 93.7 Å². The second-order valence-corrected chi connectivity index (χ2v) is 3.02. The predicted octanol–water partition coefficient (Wildman–Crippen LogP) is 3.29. The highest BCUT2D eigenvalue weighted by Gasteiger charge is 2.25. The Balaban J connectivity index is 3.03. The van der Waals surface area contributed by atoms with E-state index in [0.717, 1.165) is 0 Å². The minimum absolute atomic E-state index is 0.511. The number of oxime groups is 1. The molecule has 0 unspecified atom stereocenters. The summed E-state index contributed by atoms with van der Waals surface area (Å²) >= 11 is 0. The summed E-state index contributed by atoms with van der Waals surface area (Å²) in [5, 5.41) is 3.25. The maximum Gasteiger partial charge on any atom is 0.200 e. The van der Waals surface area contributed by atoms with Gasteiger partial charge >= 0.3 is 0 Å². The second-order valence-electron chi connectivity index (χ2n) is 3.02. The molecular weight excluding hydrogens is 245 g/mol. The zero-order valence-electron chi connectivity index (χ0n) is 8.74. The number of hydrogen-bond donors (Lipinski definition) is 0. The number of hydrogen-bond acceptors (Lipinski definition) is 2. The second kappa shape index (κ2) is 5.60. The van der Waals surface area contributed by atoms with E-state index in [4.69, 9.17) is 0 Å². The molecule has 0 aliphatic heterocycles. The Kier molecular flexibility index (Phi) is 4.42. The monoisotopic (exact) mass is 253 g/mol. The first kappa shape index (κ1) is 13.4. The van der Waals surface area contributed by atoms with Crippen molar-refractivity contribution in [2.75, 3.05) is 0 Å². The number of benzene rings is 1. The molecule has 94 valence electrons. The molecule has 0 heterocycles. The molecule has 7 heteroatoms. The topological polar surface area (TPSA) is 21.6 Å². The molecule has 0 radical (unpaired) electrons. The Morgan fingerprint density at radius 3 is 1.88 bits per heavy atom. The van der Waals surface area contributed by atoms with Gasteiger partial charge in [-0.15, -0.1) is 0 Å². The van der Waals surface area contributed by atoms with E-state index >= 15 is 0 Å². The van der Waals surface area contributed by atoms with Crippen LogP contribution in [0, 0.1) is 29.1 Å². The largest absolute Gasteiger partial charge is 0.391 e. The van der Waals surface area contributed by atoms with Crippen LogP contribution in [0.1, 0.15) is 18.9 Å². The zero-order valence-corrected chi connectivity index (χ0v) is 8.74. The summed E-state index contributed by atoms with van der Waals surface area (Å²) < 4.78 is 64.2. The lowest BCUT2D eigenvalue weighted by Crippen LogP contribution is -2.07. The molecule has 0 aliphatic rings. The SMILES string of the molecule is CC/C=N/OCc1c(F)c(F)c(F)c(F)c1F. The number of rotatable bonds is 4. The zero-order chi connectivity index (χ0) is 13.0. The molecule has 2 nitrogen and oxygen atoms in total. The van der Waals surface area contributed by atoms with Crippen molar-refractivity contribution in [1.29, 1.82) is 0 Å². The van der Waals surface area contributed by atoms with Gasteiger partial charge in [0.2, 0.25) is 5.82 Å². The van der Waals surface area contributed by atoms with Crippen LogP contribution < -0.4 is 0 Å². The van der Waals surface area contributed by atoms with Crippen LogP contribution in [0.15, 0.2) is 5.16 Å². The van der Waals surface area contributed by atoms with Gasteiger partial charge in [-0.25, -0.2) is 22.0 Å². The summed E-state index contributed by atoms with van der Waals surface area (Å²) in [5.74, 6) is -10.0. The molecule has 1 aromatic rings. The van der Waals surface area contributed by atoms with Gasteiger partial charge in [0.1, 0.15) is 6.61 Å². The summed E-state index contributed by atoms with van der Waals surface area (Å²) in [6.45, 7) is 0.896. The predicted molar refractivity (Wildman–Crippen MR) is 49.8 cm³/mol. The van der Waals surface area contributed by atoms with Crippen molar-refractivity contribution in [2.24, 2.45) is 5.16 Å². The van der Waals surface area contributed by atoms with E-state index in [2.05, 4.69) is 9.99 Å². The fraction of sp³-hybridized carbons (Fsp3) is 0.300. The van der Waals surface area contributed by atoms with Gasteiger partial charge in [0.25, 0.3) is 0 Å². The highest BCUT2D eigenvalue weighted by molar-refractivity contribution is 5.55. The fourth-order valence-corrected chi connectivity index (χ4v) is 1.01. The van der Waals surface area contributed by atoms with E-state index < -0.39 is 41.3 Å². The lowest BCUT2D eigenvalue weighted by Gasteiger charge is -2.06. The van der Waals surface area contributed by atoms with Crippen LogP contribution in [-0.4, -0.2) is 6.21 Å². The third kappa shape index (κ3) is 2.72. The molecule has 0 spiro atoms. The van der Waals surface area contributed by atoms with Gasteiger partial charge in [-0.2, -0.15) is 0 Å². The van der Waals surface area contributed by atoms with E-state index in [1.165, 1.54) is 6.21 Å². The van der Waals surface area contributed by atoms with Crippen molar-refractivity contribution in [3.05, 3.63) is 34.6 Å². The highest BCUT2D eigenvalue weighted by Crippen LogP contribution is 2.23. The maximum atomic E-state index is 13.1. The van der Waals surface area contributed by atoms with E-state index in [0.29, 0.717) is 6.42 Å². The Bertz CT molecular complexity index is 418. The molecule has 0 atom stereocenters. The van der Waals surface area contributed by atoms with Gasteiger partial charge in [0.05, 0.1) is 5.56 Å². The summed E-state index contributed by atoms with van der Waals surface area (Å²) in [7, 11) is 0. The molecule has 0 saturated heterocycles. The molecule has 0 aliphatic carbocycles. The van der Waals surface area contributed by atoms with Gasteiger partial charge in [-0.1, -0.05) is 12.1 Å². The molecule has 17 heavy (non-hydrogen) atoms. The van der Waals surface area contributed by atoms with E-state index in [-0.39, 0.29) is 0 Å². The van der Waals surface area contributed by atoms with Crippen molar-refractivity contribution in [3.8, 4) is 0 Å². The molecule has 0 aromatic heterocycles. The standard InChI is InChI=1S/C10H8F5NO/c1-2-3-16-17-4-5-6(11)8(13)10(15)9(14)7(5)12/h3H,2,4H2,1H3/b16-3+. The van der Waals surface area contributed by atoms with E-state index in [9.17, 15) is 22.0 Å². The van der Waals surface area contributed by atoms with E-state index in [1.807, 2.05) is 0 Å². The van der Waals surface area contributed by atoms with E-state index in [1.54, 1.807) is 6.92 Å². The minimum Gasteiger partial charge on any atom is -0.391 e. The first-order valence-corrected chi connectivity index (χ1v) is 4.64. The molecule has 0 saturated carbocycles. The van der Waals surface area contributed by atoms with Gasteiger partial charge < -0.3 is 4.84 Å². The minimum atomic E-state index is -2.19. The van der Waals surface area contributed by atoms with Gasteiger partial charge in [-0.05, 0) is 6.42 Å². The molecular formula is C10H8F5NO. The van der Waals surface area contributed by atoms with Crippen molar-refractivity contribution < 1.29 is 26.8 Å². The average Bonchev–Trinajstić information content (AvgIpc) is 2.33. The van der Waals surface area contributed by atoms with Crippen LogP contribution >= 0.6 is 0 Å². The summed E-state index contributed by atoms with van der Waals surface area (Å²) in [4.78, 5) is 4.41. The highest BCUT2D eigenvalue weighted by atomic mass is 19.2. The lowest BCUT2D eigenvalue weighted by molar-refractivity contribution is 0.124. The maximum absolute atomic E-state index is 13.1. The summed E-state index contributed by atoms with van der Waals surface area (Å²) in [5.41, 5.74) is -1.05. The summed E-state index contributed by atoms with van der Waals surface area (Å²) in [6, 6.07) is 0. The molecule has 0 N–H and O–H groups in total. The van der Waals surface area contributed by atoms with Gasteiger partial charge in [0.15, 0.2) is 23.3 Å². The van der Waals surface area contributed by atoms with Crippen molar-refractivity contribution in [1.82, 2.24) is 0 Å². The normalized spacial score (nSPS) is 11.2. The third-order valence-electron chi connectivity index (χ3n) is 1.84. The van der Waals surface area contributed by atoms with Crippen molar-refractivity contribution >= 4 is 6.21 Å². The van der Waals surface area contributed by atoms with Crippen LogP contribution in [0.4, 0.5) is 22.0 Å². The van der Waals surface area contributed by atoms with Crippen molar-refractivity contribution in [2.45, 2.75) is 20.0 Å². The Morgan fingerprint density at radius 1 is 0.941 bits per heavy atom. The quantitative estimate of drug-likeness (QED) is 0.265. The molecule has 0 fully saturated rings. The van der Waals surface area contributed by atoms with Crippen LogP contribution in [0.2, 0.25) is 0 Å². The molecule has 0 bridgehead atoms.